The molecule has 1 aromatic carbocycles. The number of rotatable bonds is 4. The predicted octanol–water partition coefficient (Wildman–Crippen LogP) is 2.28. The standard InChI is InChI=1S/C14H17N3O2/c1-3-9-8-10(4-2)17(16-9)12-7-5-6-11(13(12)15)14(18)19/h5-8H,3-4,15H2,1-2H3,(H,18,19). The zero-order valence-electron chi connectivity index (χ0n) is 11.1. The maximum Gasteiger partial charge on any atom is 0.337 e. The second kappa shape index (κ2) is 5.14. The summed E-state index contributed by atoms with van der Waals surface area (Å²) in [6.45, 7) is 4.06. The molecule has 0 unspecified atom stereocenters. The summed E-state index contributed by atoms with van der Waals surface area (Å²) in [7, 11) is 0. The Hall–Kier alpha value is -2.30. The first kappa shape index (κ1) is 13.1. The number of anilines is 1. The second-order valence-corrected chi connectivity index (χ2v) is 4.29. The van der Waals surface area contributed by atoms with Gasteiger partial charge in [0, 0.05) is 5.69 Å². The summed E-state index contributed by atoms with van der Waals surface area (Å²) in [5.74, 6) is -1.03. The molecule has 0 saturated carbocycles. The largest absolute Gasteiger partial charge is 0.478 e. The van der Waals surface area contributed by atoms with Gasteiger partial charge in [0.25, 0.3) is 0 Å². The molecule has 2 aromatic rings. The number of para-hydroxylation sites is 1. The molecular formula is C14H17N3O2. The van der Waals surface area contributed by atoms with Gasteiger partial charge in [0.15, 0.2) is 0 Å². The normalized spacial score (nSPS) is 10.6. The quantitative estimate of drug-likeness (QED) is 0.825. The van der Waals surface area contributed by atoms with Gasteiger partial charge in [-0.1, -0.05) is 19.9 Å². The Morgan fingerprint density at radius 2 is 2.11 bits per heavy atom. The third kappa shape index (κ3) is 2.31. The highest BCUT2D eigenvalue weighted by Crippen LogP contribution is 2.23. The molecule has 1 aromatic heterocycles. The molecule has 2 rings (SSSR count). The van der Waals surface area contributed by atoms with E-state index in [2.05, 4.69) is 5.10 Å². The molecule has 0 bridgehead atoms. The monoisotopic (exact) mass is 259 g/mol. The Morgan fingerprint density at radius 1 is 1.37 bits per heavy atom. The molecule has 19 heavy (non-hydrogen) atoms. The lowest BCUT2D eigenvalue weighted by molar-refractivity contribution is 0.0698. The van der Waals surface area contributed by atoms with Crippen LogP contribution < -0.4 is 5.73 Å². The van der Waals surface area contributed by atoms with Crippen LogP contribution in [-0.4, -0.2) is 20.9 Å². The van der Waals surface area contributed by atoms with Gasteiger partial charge in [-0.15, -0.1) is 0 Å². The van der Waals surface area contributed by atoms with E-state index in [9.17, 15) is 4.79 Å². The van der Waals surface area contributed by atoms with E-state index >= 15 is 0 Å². The topological polar surface area (TPSA) is 81.1 Å². The molecule has 0 aliphatic carbocycles. The fourth-order valence-corrected chi connectivity index (χ4v) is 2.03. The van der Waals surface area contributed by atoms with Crippen LogP contribution in [0.1, 0.15) is 35.6 Å². The molecule has 0 radical (unpaired) electrons. The average Bonchev–Trinajstić information content (AvgIpc) is 2.81. The minimum absolute atomic E-state index is 0.105. The van der Waals surface area contributed by atoms with Crippen molar-refractivity contribution in [2.75, 3.05) is 5.73 Å². The van der Waals surface area contributed by atoms with Gasteiger partial charge in [-0.3, -0.25) is 0 Å². The van der Waals surface area contributed by atoms with Gasteiger partial charge in [0.05, 0.1) is 22.6 Å². The average molecular weight is 259 g/mol. The number of nitrogens with zero attached hydrogens (tertiary/aromatic N) is 2. The highest BCUT2D eigenvalue weighted by atomic mass is 16.4. The van der Waals surface area contributed by atoms with Crippen molar-refractivity contribution in [1.29, 1.82) is 0 Å². The number of aromatic nitrogens is 2. The van der Waals surface area contributed by atoms with Gasteiger partial charge in [0.2, 0.25) is 0 Å². The summed E-state index contributed by atoms with van der Waals surface area (Å²) in [4.78, 5) is 11.1. The van der Waals surface area contributed by atoms with Crippen LogP contribution in [0.25, 0.3) is 5.69 Å². The number of carboxylic acids is 1. The number of hydrogen-bond acceptors (Lipinski definition) is 3. The molecule has 100 valence electrons. The lowest BCUT2D eigenvalue weighted by Crippen LogP contribution is -2.09. The van der Waals surface area contributed by atoms with E-state index in [1.807, 2.05) is 19.9 Å². The van der Waals surface area contributed by atoms with Crippen molar-refractivity contribution < 1.29 is 9.90 Å². The van der Waals surface area contributed by atoms with Gasteiger partial charge >= 0.3 is 5.97 Å². The van der Waals surface area contributed by atoms with Gasteiger partial charge < -0.3 is 10.8 Å². The van der Waals surface area contributed by atoms with Gasteiger partial charge in [0.1, 0.15) is 0 Å². The minimum atomic E-state index is -1.03. The number of aromatic carboxylic acids is 1. The summed E-state index contributed by atoms with van der Waals surface area (Å²) in [6, 6.07) is 6.99. The van der Waals surface area contributed by atoms with E-state index < -0.39 is 5.97 Å². The maximum absolute atomic E-state index is 11.1. The molecule has 5 nitrogen and oxygen atoms in total. The summed E-state index contributed by atoms with van der Waals surface area (Å²) < 4.78 is 1.74. The zero-order valence-corrected chi connectivity index (χ0v) is 11.1. The lowest BCUT2D eigenvalue weighted by atomic mass is 10.1. The van der Waals surface area contributed by atoms with Crippen molar-refractivity contribution in [3.05, 3.63) is 41.2 Å². The van der Waals surface area contributed by atoms with Crippen LogP contribution in [-0.2, 0) is 12.8 Å². The second-order valence-electron chi connectivity index (χ2n) is 4.29. The van der Waals surface area contributed by atoms with Crippen LogP contribution in [0.15, 0.2) is 24.3 Å². The van der Waals surface area contributed by atoms with Crippen molar-refractivity contribution >= 4 is 11.7 Å². The number of nitrogens with two attached hydrogens (primary N) is 1. The number of hydrogen-bond donors (Lipinski definition) is 2. The maximum atomic E-state index is 11.1. The van der Waals surface area contributed by atoms with Crippen LogP contribution in [0.3, 0.4) is 0 Å². The predicted molar refractivity (Wildman–Crippen MR) is 73.7 cm³/mol. The van der Waals surface area contributed by atoms with Crippen molar-refractivity contribution in [2.45, 2.75) is 26.7 Å². The van der Waals surface area contributed by atoms with Gasteiger partial charge in [-0.25, -0.2) is 9.48 Å². The Bertz CT molecular complexity index is 617. The SMILES string of the molecule is CCc1cc(CC)n(-c2cccc(C(=O)O)c2N)n1. The van der Waals surface area contributed by atoms with Crippen molar-refractivity contribution in [2.24, 2.45) is 0 Å². The molecule has 0 fully saturated rings. The number of benzene rings is 1. The number of nitrogen functional groups attached to an aromatic ring is 1. The van der Waals surface area contributed by atoms with E-state index in [0.717, 1.165) is 24.2 Å². The fraction of sp³-hybridized carbons (Fsp3) is 0.286. The number of carboxylic acid groups (broad SMARTS) is 1. The first-order valence-corrected chi connectivity index (χ1v) is 6.28. The van der Waals surface area contributed by atoms with Gasteiger partial charge in [-0.2, -0.15) is 5.10 Å². The van der Waals surface area contributed by atoms with Crippen molar-refractivity contribution in [3.8, 4) is 5.69 Å². The van der Waals surface area contributed by atoms with Crippen LogP contribution in [0.5, 0.6) is 0 Å². The molecule has 0 aliphatic heterocycles. The van der Waals surface area contributed by atoms with E-state index in [1.165, 1.54) is 6.07 Å². The summed E-state index contributed by atoms with van der Waals surface area (Å²) in [6.07, 6.45) is 1.64. The molecular weight excluding hydrogens is 242 g/mol. The molecule has 0 atom stereocenters. The molecule has 0 aliphatic rings. The summed E-state index contributed by atoms with van der Waals surface area (Å²) in [5.41, 5.74) is 8.91. The Labute approximate surface area is 111 Å². The zero-order chi connectivity index (χ0) is 14.0. The Morgan fingerprint density at radius 3 is 2.68 bits per heavy atom. The molecule has 3 N–H and O–H groups in total. The summed E-state index contributed by atoms with van der Waals surface area (Å²) >= 11 is 0. The van der Waals surface area contributed by atoms with Gasteiger partial charge in [-0.05, 0) is 31.0 Å². The Kier molecular flexibility index (Phi) is 3.55. The van der Waals surface area contributed by atoms with Crippen LogP contribution in [0.2, 0.25) is 0 Å². The molecule has 0 amide bonds. The first-order chi connectivity index (χ1) is 9.08. The third-order valence-electron chi connectivity index (χ3n) is 3.10. The molecule has 1 heterocycles. The van der Waals surface area contributed by atoms with Crippen molar-refractivity contribution in [1.82, 2.24) is 9.78 Å². The number of carbonyl (C=O) groups is 1. The van der Waals surface area contributed by atoms with Crippen LogP contribution in [0, 0.1) is 0 Å². The Balaban J connectivity index is 2.61. The highest BCUT2D eigenvalue weighted by molar-refractivity contribution is 5.95. The smallest absolute Gasteiger partial charge is 0.337 e. The van der Waals surface area contributed by atoms with E-state index in [1.54, 1.807) is 16.8 Å². The molecule has 5 heteroatoms. The van der Waals surface area contributed by atoms with E-state index in [0.29, 0.717) is 5.69 Å². The van der Waals surface area contributed by atoms with Crippen LogP contribution in [0.4, 0.5) is 5.69 Å². The minimum Gasteiger partial charge on any atom is -0.478 e. The fourth-order valence-electron chi connectivity index (χ4n) is 2.03. The van der Waals surface area contributed by atoms with Crippen LogP contribution >= 0.6 is 0 Å². The van der Waals surface area contributed by atoms with E-state index in [4.69, 9.17) is 10.8 Å². The first-order valence-electron chi connectivity index (χ1n) is 6.28. The van der Waals surface area contributed by atoms with E-state index in [-0.39, 0.29) is 11.3 Å². The van der Waals surface area contributed by atoms with Crippen molar-refractivity contribution in [3.63, 3.8) is 0 Å². The number of aryl methyl sites for hydroxylation is 2. The summed E-state index contributed by atoms with van der Waals surface area (Å²) in [5, 5.41) is 13.6. The molecule has 0 spiro atoms. The highest BCUT2D eigenvalue weighted by Gasteiger charge is 2.15. The third-order valence-corrected chi connectivity index (χ3v) is 3.10. The lowest BCUT2D eigenvalue weighted by Gasteiger charge is -2.10. The molecule has 0 saturated heterocycles.